The molecule has 8 nitrogen and oxygen atoms in total. The highest BCUT2D eigenvalue weighted by Gasteiger charge is 2.30. The van der Waals surface area contributed by atoms with E-state index < -0.39 is 30.2 Å². The summed E-state index contributed by atoms with van der Waals surface area (Å²) >= 11 is 0. The molecule has 43 heavy (non-hydrogen) atoms. The molecule has 2 aromatic carbocycles. The lowest BCUT2D eigenvalue weighted by atomic mass is 9.91. The first-order chi connectivity index (χ1) is 20.8. The van der Waals surface area contributed by atoms with Crippen molar-refractivity contribution in [1.29, 1.82) is 0 Å². The Bertz CT molecular complexity index is 1070. The fourth-order valence-electron chi connectivity index (χ4n) is 5.67. The minimum atomic E-state index is -1.28. The average Bonchev–Trinajstić information content (AvgIpc) is 3.01. The van der Waals surface area contributed by atoms with Gasteiger partial charge in [0.1, 0.15) is 12.6 Å². The van der Waals surface area contributed by atoms with E-state index in [1.165, 1.54) is 64.2 Å². The maximum atomic E-state index is 12.7. The van der Waals surface area contributed by atoms with Crippen LogP contribution in [-0.4, -0.2) is 47.4 Å². The van der Waals surface area contributed by atoms with Gasteiger partial charge in [-0.2, -0.15) is 0 Å². The SMILES string of the molecule is C1CCC(NC2CCCCC2)CC1.CC(C)C[C@H](OC(=O)[C@H](Cc1ccccc1)NC(=O)OCc1ccccc1)C(=O)O. The van der Waals surface area contributed by atoms with E-state index in [-0.39, 0.29) is 25.4 Å². The first-order valence-corrected chi connectivity index (χ1v) is 16.0. The van der Waals surface area contributed by atoms with Crippen molar-refractivity contribution in [3.63, 3.8) is 0 Å². The normalized spacial score (nSPS) is 17.2. The van der Waals surface area contributed by atoms with E-state index in [4.69, 9.17) is 9.47 Å². The molecule has 0 aromatic heterocycles. The van der Waals surface area contributed by atoms with Gasteiger partial charge in [0.2, 0.25) is 0 Å². The third kappa shape index (κ3) is 13.6. The minimum absolute atomic E-state index is 0.0234. The average molecular weight is 595 g/mol. The number of esters is 1. The molecule has 0 aliphatic heterocycles. The lowest BCUT2D eigenvalue weighted by molar-refractivity contribution is -0.166. The summed E-state index contributed by atoms with van der Waals surface area (Å²) in [4.78, 5) is 36.4. The first-order valence-electron chi connectivity index (χ1n) is 16.0. The van der Waals surface area contributed by atoms with Gasteiger partial charge in [-0.3, -0.25) is 0 Å². The molecule has 236 valence electrons. The van der Waals surface area contributed by atoms with Gasteiger partial charge in [0.05, 0.1) is 0 Å². The zero-order valence-electron chi connectivity index (χ0n) is 25.8. The predicted octanol–water partition coefficient (Wildman–Crippen LogP) is 6.81. The fourth-order valence-corrected chi connectivity index (χ4v) is 5.67. The largest absolute Gasteiger partial charge is 0.479 e. The molecule has 0 heterocycles. The van der Waals surface area contributed by atoms with Gasteiger partial charge in [-0.05, 0) is 49.1 Å². The second-order valence-electron chi connectivity index (χ2n) is 12.2. The topological polar surface area (TPSA) is 114 Å². The van der Waals surface area contributed by atoms with Gasteiger partial charge < -0.3 is 25.2 Å². The molecule has 0 spiro atoms. The number of carboxylic acids is 1. The summed E-state index contributed by atoms with van der Waals surface area (Å²) in [5.74, 6) is -2.01. The molecule has 2 saturated carbocycles. The van der Waals surface area contributed by atoms with Gasteiger partial charge in [0.15, 0.2) is 6.10 Å². The molecule has 0 unspecified atom stereocenters. The number of nitrogens with one attached hydrogen (secondary N) is 2. The molecular weight excluding hydrogens is 544 g/mol. The van der Waals surface area contributed by atoms with Crippen LogP contribution < -0.4 is 10.6 Å². The molecule has 2 aliphatic rings. The van der Waals surface area contributed by atoms with Crippen molar-refractivity contribution in [2.45, 2.75) is 122 Å². The Balaban J connectivity index is 0.000000321. The van der Waals surface area contributed by atoms with Crippen LogP contribution in [0.3, 0.4) is 0 Å². The maximum absolute atomic E-state index is 12.7. The number of hydrogen-bond donors (Lipinski definition) is 3. The van der Waals surface area contributed by atoms with Crippen LogP contribution in [0.15, 0.2) is 60.7 Å². The Hall–Kier alpha value is -3.39. The molecule has 0 radical (unpaired) electrons. The third-order valence-corrected chi connectivity index (χ3v) is 7.97. The number of aliphatic carboxylic acids is 1. The number of benzene rings is 2. The molecule has 2 aliphatic carbocycles. The lowest BCUT2D eigenvalue weighted by Gasteiger charge is -2.30. The van der Waals surface area contributed by atoms with Crippen LogP contribution in [0.2, 0.25) is 0 Å². The monoisotopic (exact) mass is 594 g/mol. The number of carboxylic acid groups (broad SMARTS) is 1. The Morgan fingerprint density at radius 3 is 1.79 bits per heavy atom. The van der Waals surface area contributed by atoms with Crippen LogP contribution in [0.1, 0.15) is 95.6 Å². The van der Waals surface area contributed by atoms with E-state index in [1.54, 1.807) is 12.1 Å². The van der Waals surface area contributed by atoms with Crippen molar-refractivity contribution in [2.24, 2.45) is 5.92 Å². The summed E-state index contributed by atoms with van der Waals surface area (Å²) in [6.45, 7) is 3.72. The molecule has 8 heteroatoms. The van der Waals surface area contributed by atoms with E-state index in [0.29, 0.717) is 0 Å². The van der Waals surface area contributed by atoms with Crippen LogP contribution in [0, 0.1) is 5.92 Å². The van der Waals surface area contributed by atoms with Crippen molar-refractivity contribution >= 4 is 18.0 Å². The lowest BCUT2D eigenvalue weighted by Crippen LogP contribution is -2.45. The van der Waals surface area contributed by atoms with Crippen molar-refractivity contribution in [3.05, 3.63) is 71.8 Å². The van der Waals surface area contributed by atoms with Gasteiger partial charge in [0.25, 0.3) is 0 Å². The zero-order valence-corrected chi connectivity index (χ0v) is 25.8. The molecule has 2 atom stereocenters. The smallest absolute Gasteiger partial charge is 0.408 e. The molecule has 3 N–H and O–H groups in total. The Morgan fingerprint density at radius 1 is 0.791 bits per heavy atom. The number of carbonyl (C=O) groups is 3. The summed E-state index contributed by atoms with van der Waals surface area (Å²) < 4.78 is 10.4. The summed E-state index contributed by atoms with van der Waals surface area (Å²) in [7, 11) is 0. The highest BCUT2D eigenvalue weighted by molar-refractivity contribution is 5.84. The van der Waals surface area contributed by atoms with Crippen molar-refractivity contribution in [3.8, 4) is 0 Å². The van der Waals surface area contributed by atoms with Crippen LogP contribution in [0.25, 0.3) is 0 Å². The quantitative estimate of drug-likeness (QED) is 0.231. The maximum Gasteiger partial charge on any atom is 0.408 e. The molecule has 0 saturated heterocycles. The van der Waals surface area contributed by atoms with E-state index in [1.807, 2.05) is 62.4 Å². The summed E-state index contributed by atoms with van der Waals surface area (Å²) in [6.07, 6.45) is 12.8. The van der Waals surface area contributed by atoms with Crippen LogP contribution >= 0.6 is 0 Å². The summed E-state index contributed by atoms with van der Waals surface area (Å²) in [5, 5.41) is 15.7. The zero-order chi connectivity index (χ0) is 30.9. The summed E-state index contributed by atoms with van der Waals surface area (Å²) in [6, 6.07) is 18.9. The Kier molecular flexibility index (Phi) is 15.1. The number of alkyl carbamates (subject to hydrolysis) is 1. The van der Waals surface area contributed by atoms with E-state index in [0.717, 1.165) is 23.2 Å². The number of hydrogen-bond acceptors (Lipinski definition) is 6. The van der Waals surface area contributed by atoms with Gasteiger partial charge in [-0.25, -0.2) is 14.4 Å². The third-order valence-electron chi connectivity index (χ3n) is 7.97. The van der Waals surface area contributed by atoms with Gasteiger partial charge >= 0.3 is 18.0 Å². The number of ether oxygens (including phenoxy) is 2. The molecular formula is C35H50N2O6. The highest BCUT2D eigenvalue weighted by Crippen LogP contribution is 2.22. The highest BCUT2D eigenvalue weighted by atomic mass is 16.6. The fraction of sp³-hybridized carbons (Fsp3) is 0.571. The van der Waals surface area contributed by atoms with Crippen molar-refractivity contribution in [1.82, 2.24) is 10.6 Å². The van der Waals surface area contributed by atoms with E-state index >= 15 is 0 Å². The number of rotatable bonds is 12. The van der Waals surface area contributed by atoms with E-state index in [2.05, 4.69) is 10.6 Å². The van der Waals surface area contributed by atoms with Gasteiger partial charge in [-0.15, -0.1) is 0 Å². The summed E-state index contributed by atoms with van der Waals surface area (Å²) in [5.41, 5.74) is 1.59. The van der Waals surface area contributed by atoms with Gasteiger partial charge in [-0.1, -0.05) is 113 Å². The minimum Gasteiger partial charge on any atom is -0.479 e. The predicted molar refractivity (Wildman–Crippen MR) is 168 cm³/mol. The van der Waals surface area contributed by atoms with Crippen molar-refractivity contribution in [2.75, 3.05) is 0 Å². The van der Waals surface area contributed by atoms with Crippen LogP contribution in [0.5, 0.6) is 0 Å². The first kappa shape index (κ1) is 34.1. The number of carbonyl (C=O) groups excluding carboxylic acids is 2. The Morgan fingerprint density at radius 2 is 1.30 bits per heavy atom. The standard InChI is InChI=1S/C23H27NO6.C12H23N/c1-16(2)13-20(21(25)26)30-22(27)19(14-17-9-5-3-6-10-17)24-23(28)29-15-18-11-7-4-8-12-18;1-3-7-11(8-4-1)13-12-9-5-2-6-10-12/h3-12,16,19-20H,13-15H2,1-2H3,(H,24,28)(H,25,26);11-13H,1-10H2/t19-,20-;/m0./s1. The second kappa shape index (κ2) is 19.0. The molecule has 2 aromatic rings. The molecule has 4 rings (SSSR count). The molecule has 1 amide bonds. The van der Waals surface area contributed by atoms with Crippen molar-refractivity contribution < 1.29 is 29.0 Å². The van der Waals surface area contributed by atoms with Crippen LogP contribution in [-0.2, 0) is 32.1 Å². The molecule has 2 fully saturated rings. The number of amides is 1. The van der Waals surface area contributed by atoms with Crippen LogP contribution in [0.4, 0.5) is 4.79 Å². The molecule has 0 bridgehead atoms. The second-order valence-corrected chi connectivity index (χ2v) is 12.2. The van der Waals surface area contributed by atoms with Gasteiger partial charge in [0, 0.05) is 18.5 Å². The van der Waals surface area contributed by atoms with E-state index in [9.17, 15) is 19.5 Å². The Labute approximate surface area is 256 Å².